The molecule has 0 radical (unpaired) electrons. The molecule has 1 aliphatic rings. The molecule has 4 nitrogen and oxygen atoms in total. The van der Waals surface area contributed by atoms with Gasteiger partial charge in [-0.1, -0.05) is 34.7 Å². The summed E-state index contributed by atoms with van der Waals surface area (Å²) in [6.07, 6.45) is 4.23. The van der Waals surface area contributed by atoms with E-state index < -0.39 is 0 Å². The minimum atomic E-state index is 0.0562. The molecule has 0 unspecified atom stereocenters. The van der Waals surface area contributed by atoms with Crippen molar-refractivity contribution in [3.63, 3.8) is 0 Å². The summed E-state index contributed by atoms with van der Waals surface area (Å²) >= 11 is 16.4. The number of fused-ring (bicyclic) bond motifs is 1. The van der Waals surface area contributed by atoms with Crippen LogP contribution in [0, 0.1) is 0 Å². The molecule has 0 saturated carbocycles. The zero-order chi connectivity index (χ0) is 22.4. The molecule has 164 valence electrons. The Morgan fingerprint density at radius 3 is 2.81 bits per heavy atom. The first-order valence-corrected chi connectivity index (χ1v) is 14.4. The summed E-state index contributed by atoms with van der Waals surface area (Å²) in [5.74, 6) is 0. The minimum absolute atomic E-state index is 0.0562. The summed E-state index contributed by atoms with van der Waals surface area (Å²) in [6, 6.07) is 8.00. The zero-order valence-electron chi connectivity index (χ0n) is 17.2. The van der Waals surface area contributed by atoms with E-state index in [4.69, 9.17) is 11.6 Å². The predicted octanol–water partition coefficient (Wildman–Crippen LogP) is 4.94. The molecule has 0 atom stereocenters. The fraction of sp³-hybridized carbons (Fsp3) is 0.182. The molecule has 0 N–H and O–H groups in total. The summed E-state index contributed by atoms with van der Waals surface area (Å²) in [5, 5.41) is 6.95. The van der Waals surface area contributed by atoms with E-state index in [0.29, 0.717) is 11.6 Å². The Balaban J connectivity index is 1.62. The van der Waals surface area contributed by atoms with Crippen LogP contribution in [0.25, 0.3) is 11.1 Å². The van der Waals surface area contributed by atoms with Crippen LogP contribution in [0.5, 0.6) is 0 Å². The van der Waals surface area contributed by atoms with Gasteiger partial charge in [-0.2, -0.15) is 4.57 Å². The number of anilines is 1. The van der Waals surface area contributed by atoms with Gasteiger partial charge in [-0.15, -0.1) is 22.7 Å². The molecule has 0 spiro atoms. The van der Waals surface area contributed by atoms with Gasteiger partial charge in [0.2, 0.25) is 0 Å². The standard InChI is InChI=1S/C22H18BrClN3OS4/c1-3-27-18(11-17-26(7-9-29-17)12-13-6-8-30-20(13)23)32-19(21(27)28)22-25(2)15-10-14(24)4-5-16(15)31-22/h4-11H,3,12H2,1-2H3/q+1/b22-19+. The first-order valence-electron chi connectivity index (χ1n) is 9.82. The summed E-state index contributed by atoms with van der Waals surface area (Å²) in [6.45, 7) is 3.44. The van der Waals surface area contributed by atoms with Crippen LogP contribution >= 0.6 is 73.3 Å². The van der Waals surface area contributed by atoms with Crippen molar-refractivity contribution >= 4 is 90.1 Å². The molecule has 0 fully saturated rings. The van der Waals surface area contributed by atoms with Gasteiger partial charge >= 0.3 is 0 Å². The number of thiazole rings is 2. The topological polar surface area (TPSA) is 29.1 Å². The molecular formula is C22H18BrClN3OS4+. The van der Waals surface area contributed by atoms with Crippen LogP contribution in [0.3, 0.4) is 0 Å². The Morgan fingerprint density at radius 2 is 2.06 bits per heavy atom. The van der Waals surface area contributed by atoms with Crippen molar-refractivity contribution in [2.45, 2.75) is 24.9 Å². The molecule has 0 aliphatic carbocycles. The number of rotatable bonds is 4. The summed E-state index contributed by atoms with van der Waals surface area (Å²) < 4.78 is 6.97. The second-order valence-corrected chi connectivity index (χ2v) is 12.8. The second kappa shape index (κ2) is 9.12. The SMILES string of the molecule is CCn1c(=O)/c(=C2\Sc3ccc(Cl)cc3N2C)s/c1=C\c1scc[n+]1Cc1ccsc1Br. The Kier molecular flexibility index (Phi) is 6.39. The molecule has 5 rings (SSSR count). The number of hydrogen-bond acceptors (Lipinski definition) is 6. The van der Waals surface area contributed by atoms with Gasteiger partial charge in [0.05, 0.1) is 20.9 Å². The molecule has 32 heavy (non-hydrogen) atoms. The third-order valence-electron chi connectivity index (χ3n) is 5.21. The van der Waals surface area contributed by atoms with Gasteiger partial charge in [-0.25, -0.2) is 0 Å². The number of thiophene rings is 1. The Labute approximate surface area is 214 Å². The van der Waals surface area contributed by atoms with E-state index >= 15 is 0 Å². The van der Waals surface area contributed by atoms with E-state index in [1.807, 2.05) is 36.7 Å². The third-order valence-corrected chi connectivity index (χ3v) is 10.6. The molecule has 0 saturated heterocycles. The maximum atomic E-state index is 13.3. The lowest BCUT2D eigenvalue weighted by molar-refractivity contribution is -0.685. The predicted molar refractivity (Wildman–Crippen MR) is 142 cm³/mol. The molecule has 4 heterocycles. The summed E-state index contributed by atoms with van der Waals surface area (Å²) in [7, 11) is 2.00. The fourth-order valence-corrected chi connectivity index (χ4v) is 8.25. The van der Waals surface area contributed by atoms with Gasteiger partial charge in [-0.3, -0.25) is 9.36 Å². The minimum Gasteiger partial charge on any atom is -0.337 e. The number of halogens is 2. The molecule has 0 bridgehead atoms. The fourth-order valence-electron chi connectivity index (χ4n) is 3.57. The van der Waals surface area contributed by atoms with Crippen molar-refractivity contribution < 1.29 is 4.57 Å². The first-order chi connectivity index (χ1) is 15.5. The van der Waals surface area contributed by atoms with Crippen molar-refractivity contribution in [2.24, 2.45) is 0 Å². The van der Waals surface area contributed by atoms with Crippen molar-refractivity contribution in [1.29, 1.82) is 0 Å². The average molecular weight is 584 g/mol. The Bertz CT molecular complexity index is 1500. The highest BCUT2D eigenvalue weighted by atomic mass is 79.9. The lowest BCUT2D eigenvalue weighted by atomic mass is 10.3. The first kappa shape index (κ1) is 22.4. The van der Waals surface area contributed by atoms with Crippen LogP contribution in [0.2, 0.25) is 5.02 Å². The van der Waals surface area contributed by atoms with Crippen molar-refractivity contribution in [3.8, 4) is 0 Å². The number of aromatic nitrogens is 2. The van der Waals surface area contributed by atoms with Crippen LogP contribution in [-0.4, -0.2) is 11.6 Å². The Hall–Kier alpha value is -1.36. The van der Waals surface area contributed by atoms with Gasteiger partial charge in [0.1, 0.15) is 14.2 Å². The molecule has 10 heteroatoms. The van der Waals surface area contributed by atoms with Gasteiger partial charge in [0.25, 0.3) is 10.6 Å². The van der Waals surface area contributed by atoms with Gasteiger partial charge < -0.3 is 4.90 Å². The highest BCUT2D eigenvalue weighted by Gasteiger charge is 2.25. The molecule has 1 aromatic carbocycles. The van der Waals surface area contributed by atoms with Crippen molar-refractivity contribution in [3.05, 3.63) is 80.2 Å². The molecular weight excluding hydrogens is 566 g/mol. The lowest BCUT2D eigenvalue weighted by Gasteiger charge is -2.12. The maximum absolute atomic E-state index is 13.3. The highest BCUT2D eigenvalue weighted by Crippen LogP contribution is 2.46. The molecule has 4 aromatic rings. The summed E-state index contributed by atoms with van der Waals surface area (Å²) in [5.41, 5.74) is 2.35. The van der Waals surface area contributed by atoms with Crippen molar-refractivity contribution in [2.75, 3.05) is 11.9 Å². The van der Waals surface area contributed by atoms with Crippen LogP contribution in [-0.2, 0) is 13.1 Å². The smallest absolute Gasteiger partial charge is 0.271 e. The van der Waals surface area contributed by atoms with E-state index in [-0.39, 0.29) is 5.56 Å². The third kappa shape index (κ3) is 4.03. The summed E-state index contributed by atoms with van der Waals surface area (Å²) in [4.78, 5) is 16.5. The van der Waals surface area contributed by atoms with E-state index in [9.17, 15) is 4.79 Å². The average Bonchev–Trinajstić information content (AvgIpc) is 3.52. The van der Waals surface area contributed by atoms with Crippen LogP contribution in [0.1, 0.15) is 17.5 Å². The second-order valence-electron chi connectivity index (χ2n) is 7.13. The number of hydrogen-bond donors (Lipinski definition) is 0. The van der Waals surface area contributed by atoms with E-state index in [0.717, 1.165) is 40.1 Å². The van der Waals surface area contributed by atoms with Crippen LogP contribution < -0.4 is 24.2 Å². The van der Waals surface area contributed by atoms with Crippen LogP contribution in [0.15, 0.2) is 54.7 Å². The normalized spacial score (nSPS) is 15.6. The van der Waals surface area contributed by atoms with Crippen molar-refractivity contribution in [1.82, 2.24) is 4.57 Å². The lowest BCUT2D eigenvalue weighted by Crippen LogP contribution is -2.36. The maximum Gasteiger partial charge on any atom is 0.271 e. The quantitative estimate of drug-likeness (QED) is 0.319. The van der Waals surface area contributed by atoms with Crippen LogP contribution in [0.4, 0.5) is 5.69 Å². The van der Waals surface area contributed by atoms with Gasteiger partial charge in [0.15, 0.2) is 12.7 Å². The Morgan fingerprint density at radius 1 is 1.22 bits per heavy atom. The molecule has 3 aromatic heterocycles. The zero-order valence-corrected chi connectivity index (χ0v) is 22.8. The van der Waals surface area contributed by atoms with E-state index in [1.165, 1.54) is 5.56 Å². The van der Waals surface area contributed by atoms with E-state index in [2.05, 4.69) is 54.5 Å². The van der Waals surface area contributed by atoms with Gasteiger partial charge in [0, 0.05) is 29.1 Å². The molecule has 1 aliphatic heterocycles. The van der Waals surface area contributed by atoms with Gasteiger partial charge in [-0.05, 0) is 52.5 Å². The number of nitrogens with zero attached hydrogens (tertiary/aromatic N) is 3. The highest BCUT2D eigenvalue weighted by molar-refractivity contribution is 9.11. The van der Waals surface area contributed by atoms with E-state index in [1.54, 1.807) is 45.8 Å². The number of benzene rings is 1. The largest absolute Gasteiger partial charge is 0.337 e. The monoisotopic (exact) mass is 582 g/mol. The number of thioether (sulfide) groups is 1. The molecule has 0 amide bonds.